The first-order valence-electron chi connectivity index (χ1n) is 7.95. The molecule has 3 rings (SSSR count). The highest BCUT2D eigenvalue weighted by Crippen LogP contribution is 2.25. The lowest BCUT2D eigenvalue weighted by Gasteiger charge is -2.24. The number of nitrogens with one attached hydrogen (secondary N) is 1. The van der Waals surface area contributed by atoms with Crippen molar-refractivity contribution < 1.29 is 13.9 Å². The minimum atomic E-state index is -0.252. The molecule has 1 saturated heterocycles. The Bertz CT molecular complexity index is 706. The van der Waals surface area contributed by atoms with Crippen LogP contribution >= 0.6 is 0 Å². The van der Waals surface area contributed by atoms with E-state index in [-0.39, 0.29) is 17.8 Å². The van der Waals surface area contributed by atoms with Gasteiger partial charge in [-0.3, -0.25) is 14.7 Å². The molecular weight excluding hydrogens is 309 g/mol. The first kappa shape index (κ1) is 16.4. The van der Waals surface area contributed by atoms with E-state index >= 15 is 0 Å². The molecule has 0 saturated carbocycles. The molecule has 1 aliphatic rings. The number of hydrogen-bond donors (Lipinski definition) is 1. The van der Waals surface area contributed by atoms with Crippen LogP contribution in [0, 0.1) is 5.82 Å². The number of halogens is 1. The molecule has 1 aromatic heterocycles. The van der Waals surface area contributed by atoms with Gasteiger partial charge in [0.25, 0.3) is 0 Å². The van der Waals surface area contributed by atoms with E-state index in [2.05, 4.69) is 15.2 Å². The first-order valence-corrected chi connectivity index (χ1v) is 7.95. The number of pyridine rings is 1. The molecule has 0 spiro atoms. The Hall–Kier alpha value is -2.47. The minimum absolute atomic E-state index is 0.0686. The lowest BCUT2D eigenvalue weighted by Crippen LogP contribution is -2.39. The highest BCUT2D eigenvalue weighted by atomic mass is 19.1. The van der Waals surface area contributed by atoms with Crippen LogP contribution in [-0.4, -0.2) is 35.5 Å². The summed E-state index contributed by atoms with van der Waals surface area (Å²) in [7, 11) is 1.56. The summed E-state index contributed by atoms with van der Waals surface area (Å²) in [6, 6.07) is 7.90. The number of benzene rings is 1. The molecule has 1 atom stereocenters. The van der Waals surface area contributed by atoms with Gasteiger partial charge in [-0.05, 0) is 37.1 Å². The number of rotatable bonds is 5. The second kappa shape index (κ2) is 7.40. The summed E-state index contributed by atoms with van der Waals surface area (Å²) in [5.74, 6) is 0.264. The first-order chi connectivity index (χ1) is 11.7. The molecule has 0 bridgehead atoms. The van der Waals surface area contributed by atoms with Gasteiger partial charge in [-0.1, -0.05) is 12.1 Å². The van der Waals surface area contributed by atoms with Gasteiger partial charge in [-0.15, -0.1) is 0 Å². The van der Waals surface area contributed by atoms with Crippen molar-refractivity contribution in [1.29, 1.82) is 0 Å². The van der Waals surface area contributed by atoms with Crippen LogP contribution in [0.3, 0.4) is 0 Å². The molecule has 5 nitrogen and oxygen atoms in total. The summed E-state index contributed by atoms with van der Waals surface area (Å²) in [5, 5.41) is 2.90. The second-order valence-electron chi connectivity index (χ2n) is 5.82. The van der Waals surface area contributed by atoms with Crippen molar-refractivity contribution in [2.45, 2.75) is 25.4 Å². The van der Waals surface area contributed by atoms with Crippen molar-refractivity contribution in [2.75, 3.05) is 19.0 Å². The van der Waals surface area contributed by atoms with E-state index in [0.29, 0.717) is 18.0 Å². The predicted octanol–water partition coefficient (Wildman–Crippen LogP) is 2.83. The molecule has 0 unspecified atom stereocenters. The molecule has 0 aliphatic carbocycles. The van der Waals surface area contributed by atoms with E-state index in [1.54, 1.807) is 37.7 Å². The van der Waals surface area contributed by atoms with Gasteiger partial charge in [0, 0.05) is 18.8 Å². The maximum atomic E-state index is 13.0. The number of hydrogen-bond acceptors (Lipinski definition) is 4. The lowest BCUT2D eigenvalue weighted by molar-refractivity contribution is -0.120. The van der Waals surface area contributed by atoms with E-state index in [4.69, 9.17) is 4.74 Å². The molecule has 24 heavy (non-hydrogen) atoms. The third-order valence-electron chi connectivity index (χ3n) is 4.22. The van der Waals surface area contributed by atoms with Crippen LogP contribution in [0.1, 0.15) is 18.4 Å². The third-order valence-corrected chi connectivity index (χ3v) is 4.22. The molecule has 2 aromatic rings. The fourth-order valence-corrected chi connectivity index (χ4v) is 3.01. The highest BCUT2D eigenvalue weighted by molar-refractivity contribution is 5.96. The van der Waals surface area contributed by atoms with Crippen molar-refractivity contribution in [3.63, 3.8) is 0 Å². The molecular formula is C18H20FN3O2. The number of anilines is 1. The monoisotopic (exact) mass is 329 g/mol. The van der Waals surface area contributed by atoms with E-state index in [1.807, 2.05) is 0 Å². The van der Waals surface area contributed by atoms with Crippen LogP contribution in [0.5, 0.6) is 5.75 Å². The van der Waals surface area contributed by atoms with Gasteiger partial charge >= 0.3 is 0 Å². The zero-order valence-corrected chi connectivity index (χ0v) is 13.5. The molecule has 6 heteroatoms. The molecule has 1 fully saturated rings. The SMILES string of the molecule is COc1ccncc1NC(=O)[C@H]1CCCN1Cc1ccc(F)cc1. The number of ether oxygens (including phenoxy) is 1. The number of aromatic nitrogens is 1. The second-order valence-corrected chi connectivity index (χ2v) is 5.82. The summed E-state index contributed by atoms with van der Waals surface area (Å²) in [6.45, 7) is 1.47. The molecule has 1 amide bonds. The van der Waals surface area contributed by atoms with Crippen molar-refractivity contribution in [2.24, 2.45) is 0 Å². The number of amides is 1. The Labute approximate surface area is 140 Å². The number of carbonyl (C=O) groups excluding carboxylic acids is 1. The van der Waals surface area contributed by atoms with Crippen LogP contribution in [-0.2, 0) is 11.3 Å². The Morgan fingerprint density at radius 2 is 2.17 bits per heavy atom. The average Bonchev–Trinajstić information content (AvgIpc) is 3.05. The summed E-state index contributed by atoms with van der Waals surface area (Å²) in [5.41, 5.74) is 1.56. The minimum Gasteiger partial charge on any atom is -0.494 e. The quantitative estimate of drug-likeness (QED) is 0.916. The number of methoxy groups -OCH3 is 1. The Morgan fingerprint density at radius 1 is 1.38 bits per heavy atom. The van der Waals surface area contributed by atoms with Crippen LogP contribution < -0.4 is 10.1 Å². The van der Waals surface area contributed by atoms with Crippen LogP contribution in [0.2, 0.25) is 0 Å². The fourth-order valence-electron chi connectivity index (χ4n) is 3.01. The Morgan fingerprint density at radius 3 is 2.92 bits per heavy atom. The van der Waals surface area contributed by atoms with Gasteiger partial charge in [0.2, 0.25) is 5.91 Å². The molecule has 0 radical (unpaired) electrons. The van der Waals surface area contributed by atoms with Crippen LogP contribution in [0.4, 0.5) is 10.1 Å². The zero-order valence-electron chi connectivity index (χ0n) is 13.5. The lowest BCUT2D eigenvalue weighted by atomic mass is 10.1. The number of likely N-dealkylation sites (tertiary alicyclic amines) is 1. The highest BCUT2D eigenvalue weighted by Gasteiger charge is 2.31. The van der Waals surface area contributed by atoms with Gasteiger partial charge in [-0.2, -0.15) is 0 Å². The maximum Gasteiger partial charge on any atom is 0.241 e. The van der Waals surface area contributed by atoms with Gasteiger partial charge in [0.15, 0.2) is 0 Å². The molecule has 2 heterocycles. The Balaban J connectivity index is 1.68. The standard InChI is InChI=1S/C18H20FN3O2/c1-24-17-8-9-20-11-15(17)21-18(23)16-3-2-10-22(16)12-13-4-6-14(19)7-5-13/h4-9,11,16H,2-3,10,12H2,1H3,(H,21,23)/t16-/m1/s1. The van der Waals surface area contributed by atoms with Crippen LogP contribution in [0.15, 0.2) is 42.7 Å². The van der Waals surface area contributed by atoms with Crippen molar-refractivity contribution in [3.8, 4) is 5.75 Å². The average molecular weight is 329 g/mol. The predicted molar refractivity (Wildman–Crippen MR) is 89.3 cm³/mol. The van der Waals surface area contributed by atoms with Crippen LogP contribution in [0.25, 0.3) is 0 Å². The van der Waals surface area contributed by atoms with Crippen molar-refractivity contribution in [3.05, 3.63) is 54.1 Å². The molecule has 126 valence electrons. The van der Waals surface area contributed by atoms with E-state index in [9.17, 15) is 9.18 Å². The number of nitrogens with zero attached hydrogens (tertiary/aromatic N) is 2. The maximum absolute atomic E-state index is 13.0. The van der Waals surface area contributed by atoms with E-state index in [1.165, 1.54) is 12.1 Å². The molecule has 1 aliphatic heterocycles. The Kier molecular flexibility index (Phi) is 5.05. The normalized spacial score (nSPS) is 17.7. The van der Waals surface area contributed by atoms with E-state index in [0.717, 1.165) is 24.9 Å². The zero-order chi connectivity index (χ0) is 16.9. The fraction of sp³-hybridized carbons (Fsp3) is 0.333. The summed E-state index contributed by atoms with van der Waals surface area (Å²) in [6.07, 6.45) is 4.96. The summed E-state index contributed by atoms with van der Waals surface area (Å²) in [4.78, 5) is 18.8. The third kappa shape index (κ3) is 3.71. The number of carbonyl (C=O) groups is 1. The van der Waals surface area contributed by atoms with Crippen molar-refractivity contribution in [1.82, 2.24) is 9.88 Å². The van der Waals surface area contributed by atoms with Gasteiger partial charge in [0.1, 0.15) is 17.3 Å². The van der Waals surface area contributed by atoms with Crippen molar-refractivity contribution >= 4 is 11.6 Å². The van der Waals surface area contributed by atoms with Gasteiger partial charge in [0.05, 0.1) is 19.3 Å². The topological polar surface area (TPSA) is 54.5 Å². The van der Waals surface area contributed by atoms with Gasteiger partial charge < -0.3 is 10.1 Å². The van der Waals surface area contributed by atoms with Gasteiger partial charge in [-0.25, -0.2) is 4.39 Å². The van der Waals surface area contributed by atoms with E-state index < -0.39 is 0 Å². The largest absolute Gasteiger partial charge is 0.494 e. The molecule has 1 aromatic carbocycles. The molecule has 1 N–H and O–H groups in total. The smallest absolute Gasteiger partial charge is 0.241 e. The summed E-state index contributed by atoms with van der Waals surface area (Å²) < 4.78 is 18.3. The summed E-state index contributed by atoms with van der Waals surface area (Å²) >= 11 is 0.